The van der Waals surface area contributed by atoms with E-state index in [1.54, 1.807) is 4.52 Å². The number of nitrogens with one attached hydrogen (secondary N) is 1. The minimum atomic E-state index is -0.0868. The van der Waals surface area contributed by atoms with Crippen LogP contribution < -0.4 is 14.8 Å². The van der Waals surface area contributed by atoms with Crippen LogP contribution in [0.3, 0.4) is 0 Å². The van der Waals surface area contributed by atoms with Crippen molar-refractivity contribution in [3.8, 4) is 11.5 Å². The van der Waals surface area contributed by atoms with Crippen LogP contribution in [-0.4, -0.2) is 38.8 Å². The third-order valence-electron chi connectivity index (χ3n) is 6.40. The highest BCUT2D eigenvalue weighted by atomic mass is 16.7. The minimum Gasteiger partial charge on any atom is -0.454 e. The first-order valence-corrected chi connectivity index (χ1v) is 10.9. The Bertz CT molecular complexity index is 1130. The molecule has 1 aliphatic heterocycles. The predicted octanol–water partition coefficient (Wildman–Crippen LogP) is 3.03. The lowest BCUT2D eigenvalue weighted by Gasteiger charge is -2.38. The van der Waals surface area contributed by atoms with Crippen LogP contribution in [-0.2, 0) is 16.6 Å². The fourth-order valence-corrected chi connectivity index (χ4v) is 4.78. The van der Waals surface area contributed by atoms with Gasteiger partial charge in [-0.3, -0.25) is 4.79 Å². The van der Waals surface area contributed by atoms with E-state index in [9.17, 15) is 4.79 Å². The van der Waals surface area contributed by atoms with Gasteiger partial charge in [-0.15, -0.1) is 5.10 Å². The molecular formula is C23H27N5O3. The molecule has 0 unspecified atom stereocenters. The van der Waals surface area contributed by atoms with Crippen LogP contribution in [0.15, 0.2) is 24.3 Å². The van der Waals surface area contributed by atoms with Gasteiger partial charge >= 0.3 is 0 Å². The van der Waals surface area contributed by atoms with E-state index in [2.05, 4.69) is 32.5 Å². The van der Waals surface area contributed by atoms with Crippen molar-refractivity contribution in [2.45, 2.75) is 57.8 Å². The summed E-state index contributed by atoms with van der Waals surface area (Å²) in [5.74, 6) is 2.52. The largest absolute Gasteiger partial charge is 0.454 e. The van der Waals surface area contributed by atoms with Crippen LogP contribution >= 0.6 is 0 Å². The third kappa shape index (κ3) is 3.82. The van der Waals surface area contributed by atoms with Crippen LogP contribution in [0.2, 0.25) is 0 Å². The number of hydrogen-bond donors (Lipinski definition) is 1. The predicted molar refractivity (Wildman–Crippen MR) is 114 cm³/mol. The highest BCUT2D eigenvalue weighted by Crippen LogP contribution is 2.43. The van der Waals surface area contributed by atoms with Crippen molar-refractivity contribution in [1.82, 2.24) is 24.9 Å². The van der Waals surface area contributed by atoms with Gasteiger partial charge in [-0.1, -0.05) is 25.3 Å². The number of aromatic nitrogens is 4. The van der Waals surface area contributed by atoms with E-state index in [-0.39, 0.29) is 24.5 Å². The molecule has 8 nitrogen and oxygen atoms in total. The number of rotatable bonds is 5. The van der Waals surface area contributed by atoms with Crippen LogP contribution in [0.1, 0.15) is 54.9 Å². The monoisotopic (exact) mass is 421 g/mol. The first kappa shape index (κ1) is 19.8. The summed E-state index contributed by atoms with van der Waals surface area (Å²) < 4.78 is 12.7. The molecule has 1 N–H and O–H groups in total. The summed E-state index contributed by atoms with van der Waals surface area (Å²) in [6, 6.07) is 8.13. The van der Waals surface area contributed by atoms with Gasteiger partial charge in [-0.05, 0) is 50.5 Å². The van der Waals surface area contributed by atoms with E-state index in [0.29, 0.717) is 18.1 Å². The highest BCUT2D eigenvalue weighted by molar-refractivity contribution is 5.78. The molecule has 3 aromatic rings. The first-order chi connectivity index (χ1) is 15.0. The maximum Gasteiger partial charge on any atom is 0.252 e. The van der Waals surface area contributed by atoms with Crippen LogP contribution in [0, 0.1) is 13.8 Å². The van der Waals surface area contributed by atoms with Gasteiger partial charge in [-0.25, -0.2) is 9.50 Å². The Labute approximate surface area is 181 Å². The van der Waals surface area contributed by atoms with E-state index < -0.39 is 0 Å². The number of fused-ring (bicyclic) bond motifs is 2. The molecule has 1 saturated carbocycles. The van der Waals surface area contributed by atoms with Crippen molar-refractivity contribution in [3.63, 3.8) is 0 Å². The minimum absolute atomic E-state index is 0.0732. The van der Waals surface area contributed by atoms with Crippen molar-refractivity contribution >= 4 is 11.7 Å². The number of ether oxygens (including phenoxy) is 2. The van der Waals surface area contributed by atoms with Crippen LogP contribution in [0.5, 0.6) is 11.5 Å². The lowest BCUT2D eigenvalue weighted by molar-refractivity contribution is -0.120. The molecule has 0 saturated heterocycles. The van der Waals surface area contributed by atoms with Gasteiger partial charge in [0.1, 0.15) is 0 Å². The zero-order valence-electron chi connectivity index (χ0n) is 18.0. The summed E-state index contributed by atoms with van der Waals surface area (Å²) in [4.78, 5) is 21.6. The average molecular weight is 422 g/mol. The van der Waals surface area contributed by atoms with Crippen molar-refractivity contribution in [3.05, 3.63) is 47.0 Å². The molecule has 0 bridgehead atoms. The molecule has 1 fully saturated rings. The number of benzene rings is 1. The number of carbonyl (C=O) groups is 1. The van der Waals surface area contributed by atoms with Crippen molar-refractivity contribution in [2.24, 2.45) is 0 Å². The lowest BCUT2D eigenvalue weighted by atomic mass is 9.69. The Morgan fingerprint density at radius 3 is 2.74 bits per heavy atom. The van der Waals surface area contributed by atoms with Crippen molar-refractivity contribution in [1.29, 1.82) is 0 Å². The Kier molecular flexibility index (Phi) is 5.00. The fraction of sp³-hybridized carbons (Fsp3) is 0.478. The maximum atomic E-state index is 12.8. The topological polar surface area (TPSA) is 90.6 Å². The van der Waals surface area contributed by atoms with Crippen LogP contribution in [0.25, 0.3) is 5.78 Å². The molecule has 2 aromatic heterocycles. The van der Waals surface area contributed by atoms with Gasteiger partial charge in [-0.2, -0.15) is 4.98 Å². The van der Waals surface area contributed by atoms with E-state index in [1.165, 1.54) is 12.0 Å². The molecule has 1 aliphatic carbocycles. The molecule has 162 valence electrons. The number of amides is 1. The smallest absolute Gasteiger partial charge is 0.252 e. The zero-order valence-corrected chi connectivity index (χ0v) is 18.0. The second-order valence-electron chi connectivity index (χ2n) is 8.64. The Hall–Kier alpha value is -3.16. The molecule has 1 amide bonds. The molecule has 0 spiro atoms. The second-order valence-corrected chi connectivity index (χ2v) is 8.64. The molecular weight excluding hydrogens is 394 g/mol. The van der Waals surface area contributed by atoms with E-state index >= 15 is 0 Å². The molecule has 0 radical (unpaired) electrons. The van der Waals surface area contributed by atoms with Gasteiger partial charge < -0.3 is 14.8 Å². The second kappa shape index (κ2) is 7.83. The summed E-state index contributed by atoms with van der Waals surface area (Å²) in [5, 5.41) is 7.61. The summed E-state index contributed by atoms with van der Waals surface area (Å²) in [6.45, 7) is 4.74. The van der Waals surface area contributed by atoms with Gasteiger partial charge in [0.25, 0.3) is 5.78 Å². The molecule has 5 rings (SSSR count). The third-order valence-corrected chi connectivity index (χ3v) is 6.40. The van der Waals surface area contributed by atoms with Gasteiger partial charge in [0.05, 0.1) is 6.42 Å². The molecule has 1 aromatic carbocycles. The van der Waals surface area contributed by atoms with E-state index in [1.807, 2.05) is 26.0 Å². The summed E-state index contributed by atoms with van der Waals surface area (Å²) >= 11 is 0. The summed E-state index contributed by atoms with van der Waals surface area (Å²) in [7, 11) is 0. The standard InChI is InChI=1S/C23H27N5O3/c1-15-10-16(2)28-22(25-15)26-20(27-28)12-21(29)24-13-23(8-4-3-5-9-23)17-6-7-18-19(11-17)31-14-30-18/h6-7,10-11H,3-5,8-9,12-14H2,1-2H3,(H,24,29). The van der Waals surface area contributed by atoms with Crippen molar-refractivity contribution in [2.75, 3.05) is 13.3 Å². The SMILES string of the molecule is Cc1cc(C)n2nc(CC(=O)NCC3(c4ccc5c(c4)OCO5)CCCCC3)nc2n1. The highest BCUT2D eigenvalue weighted by Gasteiger charge is 2.35. The Morgan fingerprint density at radius 1 is 1.10 bits per heavy atom. The Balaban J connectivity index is 1.31. The number of hydrogen-bond acceptors (Lipinski definition) is 6. The maximum absolute atomic E-state index is 12.8. The van der Waals surface area contributed by atoms with E-state index in [4.69, 9.17) is 9.47 Å². The molecule has 0 atom stereocenters. The van der Waals surface area contributed by atoms with Gasteiger partial charge in [0, 0.05) is 23.3 Å². The lowest BCUT2D eigenvalue weighted by Crippen LogP contribution is -2.42. The van der Waals surface area contributed by atoms with Crippen LogP contribution in [0.4, 0.5) is 0 Å². The molecule has 31 heavy (non-hydrogen) atoms. The zero-order chi connectivity index (χ0) is 21.4. The summed E-state index contributed by atoms with van der Waals surface area (Å²) in [5.41, 5.74) is 2.95. The Morgan fingerprint density at radius 2 is 1.90 bits per heavy atom. The number of carbonyl (C=O) groups excluding carboxylic acids is 1. The number of aryl methyl sites for hydroxylation is 2. The molecule has 2 aliphatic rings. The summed E-state index contributed by atoms with van der Waals surface area (Å²) in [6.07, 6.45) is 5.77. The van der Waals surface area contributed by atoms with Gasteiger partial charge in [0.2, 0.25) is 12.7 Å². The number of nitrogens with zero attached hydrogens (tertiary/aromatic N) is 4. The average Bonchev–Trinajstić information content (AvgIpc) is 3.39. The van der Waals surface area contributed by atoms with Crippen molar-refractivity contribution < 1.29 is 14.3 Å². The van der Waals surface area contributed by atoms with Gasteiger partial charge in [0.15, 0.2) is 17.3 Å². The van der Waals surface area contributed by atoms with E-state index in [0.717, 1.165) is 48.6 Å². The first-order valence-electron chi connectivity index (χ1n) is 10.9. The molecule has 3 heterocycles. The normalized spacial score (nSPS) is 17.1. The quantitative estimate of drug-likeness (QED) is 0.681. The fourth-order valence-electron chi connectivity index (χ4n) is 4.78. The molecule has 8 heteroatoms.